The van der Waals surface area contributed by atoms with Crippen molar-refractivity contribution in [2.45, 2.75) is 51.4 Å². The number of aromatic nitrogens is 3. The number of carbonyl (C=O) groups is 1. The Morgan fingerprint density at radius 3 is 2.96 bits per heavy atom. The fourth-order valence-corrected chi connectivity index (χ4v) is 4.23. The van der Waals surface area contributed by atoms with Gasteiger partial charge in [-0.3, -0.25) is 14.4 Å². The zero-order valence-corrected chi connectivity index (χ0v) is 15.8. The third-order valence-corrected chi connectivity index (χ3v) is 5.80. The van der Waals surface area contributed by atoms with Crippen molar-refractivity contribution in [1.29, 1.82) is 0 Å². The monoisotopic (exact) mass is 373 g/mol. The van der Waals surface area contributed by atoms with E-state index in [2.05, 4.69) is 20.5 Å². The molecule has 2 aromatic rings. The number of nitrogens with one attached hydrogen (secondary N) is 1. The number of hydrogen-bond acceptors (Lipinski definition) is 6. The molecule has 146 valence electrons. The Labute approximate surface area is 158 Å². The highest BCUT2D eigenvalue weighted by molar-refractivity contribution is 5.79. The van der Waals surface area contributed by atoms with Gasteiger partial charge in [0.25, 0.3) is 0 Å². The largest absolute Gasteiger partial charge is 0.467 e. The van der Waals surface area contributed by atoms with Crippen LogP contribution in [0.4, 0.5) is 0 Å². The van der Waals surface area contributed by atoms with E-state index in [-0.39, 0.29) is 11.8 Å². The first-order valence-corrected chi connectivity index (χ1v) is 9.57. The van der Waals surface area contributed by atoms with Gasteiger partial charge in [0.1, 0.15) is 17.1 Å². The molecule has 3 aliphatic rings. The van der Waals surface area contributed by atoms with Gasteiger partial charge in [-0.05, 0) is 51.3 Å². The summed E-state index contributed by atoms with van der Waals surface area (Å²) in [5, 5.41) is 21.3. The minimum atomic E-state index is -0.985. The molecule has 2 aromatic heterocycles. The van der Waals surface area contributed by atoms with Crippen LogP contribution in [-0.2, 0) is 23.5 Å². The third-order valence-electron chi connectivity index (χ3n) is 5.80. The van der Waals surface area contributed by atoms with E-state index in [0.717, 1.165) is 38.2 Å². The lowest BCUT2D eigenvalue weighted by Crippen LogP contribution is -2.57. The molecule has 0 radical (unpaired) electrons. The first kappa shape index (κ1) is 18.2. The minimum Gasteiger partial charge on any atom is -0.467 e. The molecular formula is C19H27N5O3. The van der Waals surface area contributed by atoms with Gasteiger partial charge in [0.05, 0.1) is 31.5 Å². The van der Waals surface area contributed by atoms with E-state index in [1.165, 1.54) is 0 Å². The molecule has 0 saturated carbocycles. The van der Waals surface area contributed by atoms with E-state index in [1.54, 1.807) is 20.1 Å². The number of rotatable bonds is 6. The summed E-state index contributed by atoms with van der Waals surface area (Å²) in [6, 6.07) is 4.05. The number of aliphatic hydroxyl groups is 1. The molecule has 2 bridgehead atoms. The van der Waals surface area contributed by atoms with E-state index in [1.807, 2.05) is 23.0 Å². The number of furan rings is 1. The third kappa shape index (κ3) is 3.91. The van der Waals surface area contributed by atoms with Gasteiger partial charge in [-0.1, -0.05) is 5.21 Å². The lowest BCUT2D eigenvalue weighted by molar-refractivity contribution is -0.133. The van der Waals surface area contributed by atoms with Crippen LogP contribution in [0.5, 0.6) is 0 Å². The van der Waals surface area contributed by atoms with Crippen LogP contribution in [0.3, 0.4) is 0 Å². The summed E-state index contributed by atoms with van der Waals surface area (Å²) in [6.07, 6.45) is 5.48. The summed E-state index contributed by atoms with van der Waals surface area (Å²) in [5.74, 6) is 1.32. The van der Waals surface area contributed by atoms with Gasteiger partial charge < -0.3 is 14.8 Å². The normalized spacial score (nSPS) is 27.7. The molecular weight excluding hydrogens is 346 g/mol. The van der Waals surface area contributed by atoms with Gasteiger partial charge in [-0.2, -0.15) is 0 Å². The molecule has 3 aliphatic heterocycles. The fraction of sp³-hybridized carbons (Fsp3) is 0.632. The van der Waals surface area contributed by atoms with Crippen LogP contribution in [0.15, 0.2) is 29.0 Å². The first-order chi connectivity index (χ1) is 12.9. The summed E-state index contributed by atoms with van der Waals surface area (Å²) in [7, 11) is 0. The zero-order chi connectivity index (χ0) is 19.0. The van der Waals surface area contributed by atoms with Crippen LogP contribution < -0.4 is 5.32 Å². The smallest absolute Gasteiger partial charge is 0.225 e. The van der Waals surface area contributed by atoms with Crippen molar-refractivity contribution < 1.29 is 14.3 Å². The molecule has 5 rings (SSSR count). The number of carbonyl (C=O) groups excluding carboxylic acids is 1. The maximum atomic E-state index is 12.6. The molecule has 8 heteroatoms. The number of nitrogens with zero attached hydrogens (tertiary/aromatic N) is 4. The van der Waals surface area contributed by atoms with Gasteiger partial charge in [0.15, 0.2) is 0 Å². The van der Waals surface area contributed by atoms with E-state index >= 15 is 0 Å². The standard InChI is InChI=1S/C19H27N5O3/c1-19(2,26)17-12-24(22-21-17)10-14-8-13-5-6-23(14)11-16(13)18(25)20-9-15-4-3-7-27-15/h3-4,7,12-14,16,26H,5-6,8-11H2,1-2H3,(H,20,25)/t13-,14+,16-/m0/s1. The maximum Gasteiger partial charge on any atom is 0.225 e. The molecule has 4 atom stereocenters. The van der Waals surface area contributed by atoms with Crippen molar-refractivity contribution in [3.63, 3.8) is 0 Å². The molecule has 27 heavy (non-hydrogen) atoms. The average molecular weight is 373 g/mol. The van der Waals surface area contributed by atoms with Gasteiger partial charge in [-0.15, -0.1) is 5.10 Å². The predicted molar refractivity (Wildman–Crippen MR) is 97.4 cm³/mol. The lowest BCUT2D eigenvalue weighted by Gasteiger charge is -2.49. The maximum absolute atomic E-state index is 12.6. The summed E-state index contributed by atoms with van der Waals surface area (Å²) < 4.78 is 7.09. The molecule has 1 unspecified atom stereocenters. The quantitative estimate of drug-likeness (QED) is 0.788. The Balaban J connectivity index is 1.34. The second-order valence-electron chi connectivity index (χ2n) is 8.22. The van der Waals surface area contributed by atoms with Gasteiger partial charge in [-0.25, -0.2) is 0 Å². The minimum absolute atomic E-state index is 0.0349. The molecule has 8 nitrogen and oxygen atoms in total. The van der Waals surface area contributed by atoms with Crippen molar-refractivity contribution in [3.05, 3.63) is 36.0 Å². The zero-order valence-electron chi connectivity index (χ0n) is 15.8. The van der Waals surface area contributed by atoms with Crippen molar-refractivity contribution in [1.82, 2.24) is 25.2 Å². The molecule has 2 N–H and O–H groups in total. The highest BCUT2D eigenvalue weighted by atomic mass is 16.3. The Hall–Kier alpha value is -2.19. The van der Waals surface area contributed by atoms with Crippen molar-refractivity contribution >= 4 is 5.91 Å². The van der Waals surface area contributed by atoms with Crippen molar-refractivity contribution in [2.24, 2.45) is 11.8 Å². The van der Waals surface area contributed by atoms with E-state index < -0.39 is 5.60 Å². The fourth-order valence-electron chi connectivity index (χ4n) is 4.23. The molecule has 0 spiro atoms. The lowest BCUT2D eigenvalue weighted by atomic mass is 9.75. The highest BCUT2D eigenvalue weighted by Gasteiger charge is 2.43. The molecule has 0 aliphatic carbocycles. The molecule has 5 heterocycles. The summed E-state index contributed by atoms with van der Waals surface area (Å²) in [5.41, 5.74) is -0.407. The second-order valence-corrected chi connectivity index (χ2v) is 8.22. The second kappa shape index (κ2) is 7.09. The number of hydrogen-bond donors (Lipinski definition) is 2. The SMILES string of the molecule is CC(C)(O)c1cn(C[C@H]2C[C@@H]3CCN2C[C@@H]3C(=O)NCc2ccco2)nn1. The first-order valence-electron chi connectivity index (χ1n) is 9.57. The van der Waals surface area contributed by atoms with Gasteiger partial charge >= 0.3 is 0 Å². The van der Waals surface area contributed by atoms with E-state index in [9.17, 15) is 9.90 Å². The Morgan fingerprint density at radius 2 is 2.33 bits per heavy atom. The molecule has 3 fully saturated rings. The molecule has 1 amide bonds. The van der Waals surface area contributed by atoms with Crippen LogP contribution in [0.2, 0.25) is 0 Å². The number of piperidine rings is 3. The van der Waals surface area contributed by atoms with Gasteiger partial charge in [0, 0.05) is 12.6 Å². The van der Waals surface area contributed by atoms with E-state index in [0.29, 0.717) is 24.2 Å². The Kier molecular flexibility index (Phi) is 4.77. The number of fused-ring (bicyclic) bond motifs is 3. The van der Waals surface area contributed by atoms with Crippen molar-refractivity contribution in [2.75, 3.05) is 13.1 Å². The summed E-state index contributed by atoms with van der Waals surface area (Å²) in [6.45, 7) is 6.40. The van der Waals surface area contributed by atoms with Crippen LogP contribution in [0, 0.1) is 11.8 Å². The number of amides is 1. The van der Waals surface area contributed by atoms with Crippen LogP contribution >= 0.6 is 0 Å². The van der Waals surface area contributed by atoms with Crippen molar-refractivity contribution in [3.8, 4) is 0 Å². The van der Waals surface area contributed by atoms with Crippen LogP contribution in [0.1, 0.15) is 38.1 Å². The summed E-state index contributed by atoms with van der Waals surface area (Å²) >= 11 is 0. The van der Waals surface area contributed by atoms with Crippen LogP contribution in [0.25, 0.3) is 0 Å². The molecule has 3 saturated heterocycles. The van der Waals surface area contributed by atoms with E-state index in [4.69, 9.17) is 4.42 Å². The predicted octanol–water partition coefficient (Wildman–Crippen LogP) is 1.13. The van der Waals surface area contributed by atoms with Crippen LogP contribution in [-0.4, -0.2) is 50.0 Å². The topological polar surface area (TPSA) is 96.4 Å². The highest BCUT2D eigenvalue weighted by Crippen LogP contribution is 2.37. The van der Waals surface area contributed by atoms with Gasteiger partial charge in [0.2, 0.25) is 5.91 Å². The Bertz CT molecular complexity index is 780. The summed E-state index contributed by atoms with van der Waals surface area (Å²) in [4.78, 5) is 15.0. The average Bonchev–Trinajstić information content (AvgIpc) is 3.31. The Morgan fingerprint density at radius 1 is 1.48 bits per heavy atom. The molecule has 0 aromatic carbocycles.